The van der Waals surface area contributed by atoms with Gasteiger partial charge in [0.2, 0.25) is 11.8 Å². The van der Waals surface area contributed by atoms with Crippen LogP contribution in [0, 0.1) is 13.8 Å². The third-order valence-corrected chi connectivity index (χ3v) is 9.55. The molecule has 0 fully saturated rings. The van der Waals surface area contributed by atoms with E-state index in [2.05, 4.69) is 21.2 Å². The Morgan fingerprint density at radius 1 is 0.818 bits per heavy atom. The van der Waals surface area contributed by atoms with Crippen molar-refractivity contribution in [3.05, 3.63) is 130 Å². The predicted octanol–water partition coefficient (Wildman–Crippen LogP) is 6.43. The van der Waals surface area contributed by atoms with Gasteiger partial charge < -0.3 is 10.2 Å². The van der Waals surface area contributed by atoms with Crippen molar-refractivity contribution in [3.63, 3.8) is 0 Å². The van der Waals surface area contributed by atoms with E-state index in [-0.39, 0.29) is 23.8 Å². The largest absolute Gasteiger partial charge is 0.354 e. The summed E-state index contributed by atoms with van der Waals surface area (Å²) in [6.45, 7) is 5.85. The highest BCUT2D eigenvalue weighted by molar-refractivity contribution is 9.10. The van der Waals surface area contributed by atoms with Crippen LogP contribution in [0.1, 0.15) is 35.6 Å². The summed E-state index contributed by atoms with van der Waals surface area (Å²) < 4.78 is 30.2. The zero-order valence-corrected chi connectivity index (χ0v) is 27.6. The van der Waals surface area contributed by atoms with Crippen LogP contribution in [0.15, 0.2) is 112 Å². The molecule has 0 aliphatic rings. The first kappa shape index (κ1) is 33.0. The molecule has 0 aliphatic heterocycles. The SMILES string of the molecule is CCCNC(=O)[C@@H](Cc1ccccc1)N(Cc1cccc(Br)c1)C(=O)CN(c1ccc(C)cc1)S(=O)(=O)c1ccc(C)cc1. The first-order valence-electron chi connectivity index (χ1n) is 14.6. The third-order valence-electron chi connectivity index (χ3n) is 7.27. The summed E-state index contributed by atoms with van der Waals surface area (Å²) in [5, 5.41) is 2.96. The quantitative estimate of drug-likeness (QED) is 0.177. The highest BCUT2D eigenvalue weighted by Crippen LogP contribution is 2.26. The number of halogens is 1. The van der Waals surface area contributed by atoms with Crippen LogP contribution >= 0.6 is 15.9 Å². The number of hydrogen-bond donors (Lipinski definition) is 1. The van der Waals surface area contributed by atoms with Gasteiger partial charge in [0, 0.05) is 24.0 Å². The Morgan fingerprint density at radius 2 is 1.43 bits per heavy atom. The lowest BCUT2D eigenvalue weighted by atomic mass is 10.0. The summed E-state index contributed by atoms with van der Waals surface area (Å²) in [6.07, 6.45) is 1.00. The Labute approximate surface area is 269 Å². The number of carbonyl (C=O) groups is 2. The lowest BCUT2D eigenvalue weighted by Crippen LogP contribution is -2.53. The lowest BCUT2D eigenvalue weighted by Gasteiger charge is -2.34. The Morgan fingerprint density at radius 3 is 2.05 bits per heavy atom. The van der Waals surface area contributed by atoms with E-state index in [1.807, 2.05) is 87.5 Å². The van der Waals surface area contributed by atoms with Crippen molar-refractivity contribution in [3.8, 4) is 0 Å². The minimum absolute atomic E-state index is 0.0801. The molecule has 0 saturated carbocycles. The lowest BCUT2D eigenvalue weighted by molar-refractivity contribution is -0.140. The van der Waals surface area contributed by atoms with Crippen LogP contribution in [-0.2, 0) is 32.6 Å². The van der Waals surface area contributed by atoms with Crippen LogP contribution in [0.2, 0.25) is 0 Å². The number of sulfonamides is 1. The summed E-state index contributed by atoms with van der Waals surface area (Å²) >= 11 is 3.51. The normalized spacial score (nSPS) is 11.9. The Bertz CT molecular complexity index is 1660. The minimum Gasteiger partial charge on any atom is -0.354 e. The second-order valence-electron chi connectivity index (χ2n) is 10.8. The molecule has 1 N–H and O–H groups in total. The second-order valence-corrected chi connectivity index (χ2v) is 13.6. The molecule has 230 valence electrons. The van der Waals surface area contributed by atoms with E-state index in [1.54, 1.807) is 36.4 Å². The predicted molar refractivity (Wildman–Crippen MR) is 179 cm³/mol. The molecule has 4 aromatic carbocycles. The fourth-order valence-corrected chi connectivity index (χ4v) is 6.69. The van der Waals surface area contributed by atoms with E-state index in [1.165, 1.54) is 4.90 Å². The maximum absolute atomic E-state index is 14.5. The van der Waals surface area contributed by atoms with E-state index >= 15 is 0 Å². The minimum atomic E-state index is -4.13. The molecule has 0 radical (unpaired) electrons. The topological polar surface area (TPSA) is 86.8 Å². The van der Waals surface area contributed by atoms with E-state index in [0.717, 1.165) is 37.5 Å². The molecule has 4 aromatic rings. The monoisotopic (exact) mass is 675 g/mol. The van der Waals surface area contributed by atoms with Crippen molar-refractivity contribution >= 4 is 43.5 Å². The van der Waals surface area contributed by atoms with E-state index in [9.17, 15) is 18.0 Å². The summed E-state index contributed by atoms with van der Waals surface area (Å²) in [4.78, 5) is 29.7. The summed E-state index contributed by atoms with van der Waals surface area (Å²) in [5.74, 6) is -0.781. The molecule has 0 aliphatic carbocycles. The molecule has 0 bridgehead atoms. The van der Waals surface area contributed by atoms with Crippen LogP contribution in [0.5, 0.6) is 0 Å². The van der Waals surface area contributed by atoms with Gasteiger partial charge in [0.1, 0.15) is 12.6 Å². The molecule has 9 heteroatoms. The first-order valence-corrected chi connectivity index (χ1v) is 16.8. The Hall–Kier alpha value is -3.95. The Kier molecular flexibility index (Phi) is 11.4. The zero-order chi connectivity index (χ0) is 31.7. The van der Waals surface area contributed by atoms with E-state index in [4.69, 9.17) is 0 Å². The average molecular weight is 677 g/mol. The Balaban J connectivity index is 1.79. The van der Waals surface area contributed by atoms with Crippen molar-refractivity contribution in [2.24, 2.45) is 0 Å². The number of nitrogens with zero attached hydrogens (tertiary/aromatic N) is 2. The van der Waals surface area contributed by atoms with Crippen molar-refractivity contribution in [1.82, 2.24) is 10.2 Å². The molecular formula is C35H38BrN3O4S. The zero-order valence-electron chi connectivity index (χ0n) is 25.2. The maximum atomic E-state index is 14.5. The second kappa shape index (κ2) is 15.2. The van der Waals surface area contributed by atoms with Crippen LogP contribution in [0.25, 0.3) is 0 Å². The molecule has 0 spiro atoms. The van der Waals surface area contributed by atoms with Gasteiger partial charge in [-0.1, -0.05) is 101 Å². The van der Waals surface area contributed by atoms with Crippen LogP contribution < -0.4 is 9.62 Å². The summed E-state index contributed by atoms with van der Waals surface area (Å²) in [7, 11) is -4.13. The van der Waals surface area contributed by atoms with E-state index in [0.29, 0.717) is 12.2 Å². The standard InChI is InChI=1S/C35H38BrN3O4S/c1-4-21-37-35(41)33(23-28-9-6-5-7-10-28)38(24-29-11-8-12-30(36)22-29)34(40)25-39(31-17-13-26(2)14-18-31)44(42,43)32-19-15-27(3)16-20-32/h5-20,22,33H,4,21,23-25H2,1-3H3,(H,37,41)/t33-/m1/s1. The van der Waals surface area contributed by atoms with E-state index < -0.39 is 28.5 Å². The molecule has 7 nitrogen and oxygen atoms in total. The molecule has 44 heavy (non-hydrogen) atoms. The fourth-order valence-electron chi connectivity index (χ4n) is 4.83. The van der Waals surface area contributed by atoms with Crippen LogP contribution in [-0.4, -0.2) is 44.3 Å². The van der Waals surface area contributed by atoms with Crippen molar-refractivity contribution < 1.29 is 18.0 Å². The summed E-state index contributed by atoms with van der Waals surface area (Å²) in [6, 6.07) is 29.8. The van der Waals surface area contributed by atoms with Gasteiger partial charge in [-0.25, -0.2) is 8.42 Å². The highest BCUT2D eigenvalue weighted by Gasteiger charge is 2.34. The third kappa shape index (κ3) is 8.57. The number of benzene rings is 4. The van der Waals surface area contributed by atoms with Crippen LogP contribution in [0.3, 0.4) is 0 Å². The number of amides is 2. The van der Waals surface area contributed by atoms with Gasteiger partial charge >= 0.3 is 0 Å². The maximum Gasteiger partial charge on any atom is 0.264 e. The smallest absolute Gasteiger partial charge is 0.264 e. The van der Waals surface area contributed by atoms with Crippen molar-refractivity contribution in [2.75, 3.05) is 17.4 Å². The number of aryl methyl sites for hydroxylation is 2. The van der Waals surface area contributed by atoms with Gasteiger partial charge in [0.05, 0.1) is 10.6 Å². The molecule has 0 aromatic heterocycles. The molecule has 2 amide bonds. The van der Waals surface area contributed by atoms with Gasteiger partial charge in [-0.15, -0.1) is 0 Å². The van der Waals surface area contributed by atoms with Gasteiger partial charge in [0.15, 0.2) is 0 Å². The first-order chi connectivity index (χ1) is 21.1. The molecule has 0 heterocycles. The molecular weight excluding hydrogens is 638 g/mol. The average Bonchev–Trinajstić information content (AvgIpc) is 3.01. The van der Waals surface area contributed by atoms with Crippen LogP contribution in [0.4, 0.5) is 5.69 Å². The van der Waals surface area contributed by atoms with Crippen molar-refractivity contribution in [2.45, 2.75) is 51.1 Å². The molecule has 0 saturated heterocycles. The van der Waals surface area contributed by atoms with Gasteiger partial charge in [-0.3, -0.25) is 13.9 Å². The molecule has 4 rings (SSSR count). The molecule has 1 atom stereocenters. The number of rotatable bonds is 13. The number of anilines is 1. The number of hydrogen-bond acceptors (Lipinski definition) is 4. The molecule has 0 unspecified atom stereocenters. The fraction of sp³-hybridized carbons (Fsp3) is 0.257. The highest BCUT2D eigenvalue weighted by atomic mass is 79.9. The van der Waals surface area contributed by atoms with Gasteiger partial charge in [-0.2, -0.15) is 0 Å². The van der Waals surface area contributed by atoms with Gasteiger partial charge in [-0.05, 0) is 67.8 Å². The number of carbonyl (C=O) groups excluding carboxylic acids is 2. The van der Waals surface area contributed by atoms with Crippen molar-refractivity contribution in [1.29, 1.82) is 0 Å². The van der Waals surface area contributed by atoms with Gasteiger partial charge in [0.25, 0.3) is 10.0 Å². The number of nitrogens with one attached hydrogen (secondary N) is 1. The summed E-state index contributed by atoms with van der Waals surface area (Å²) in [5.41, 5.74) is 3.93.